The molecule has 0 N–H and O–H groups in total. The molecule has 0 aromatic rings. The van der Waals surface area contributed by atoms with E-state index in [1.54, 1.807) is 0 Å². The number of carbonyl (C=O) groups is 1. The summed E-state index contributed by atoms with van der Waals surface area (Å²) in [6.45, 7) is 2.01. The standard InChI is InChI=1S/C16H27ClO/c1-14-12-10-8-6-4-2-3-5-7-9-11-13-15(18)16(14)17/h2-13H2,1H3. The molecule has 0 saturated heterocycles. The van der Waals surface area contributed by atoms with Crippen LogP contribution in [0.1, 0.15) is 84.0 Å². The smallest absolute Gasteiger partial charge is 0.174 e. The van der Waals surface area contributed by atoms with Crippen molar-refractivity contribution in [3.8, 4) is 0 Å². The summed E-state index contributed by atoms with van der Waals surface area (Å²) in [7, 11) is 0. The summed E-state index contributed by atoms with van der Waals surface area (Å²) in [4.78, 5) is 11.9. The first-order valence-electron chi connectivity index (χ1n) is 7.60. The van der Waals surface area contributed by atoms with Gasteiger partial charge in [0.15, 0.2) is 5.78 Å². The Bertz CT molecular complexity index is 281. The first-order valence-corrected chi connectivity index (χ1v) is 7.98. The number of halogens is 1. The van der Waals surface area contributed by atoms with Gasteiger partial charge in [-0.1, -0.05) is 68.5 Å². The molecule has 0 aliphatic heterocycles. The van der Waals surface area contributed by atoms with Gasteiger partial charge in [-0.05, 0) is 26.2 Å². The molecule has 0 unspecified atom stereocenters. The lowest BCUT2D eigenvalue weighted by molar-refractivity contribution is -0.115. The van der Waals surface area contributed by atoms with E-state index in [0.29, 0.717) is 11.5 Å². The fourth-order valence-electron chi connectivity index (χ4n) is 2.55. The second-order valence-electron chi connectivity index (χ2n) is 5.55. The van der Waals surface area contributed by atoms with Gasteiger partial charge in [-0.2, -0.15) is 0 Å². The van der Waals surface area contributed by atoms with Crippen molar-refractivity contribution in [2.24, 2.45) is 0 Å². The largest absolute Gasteiger partial charge is 0.293 e. The molecule has 0 aromatic heterocycles. The van der Waals surface area contributed by atoms with E-state index < -0.39 is 0 Å². The third-order valence-electron chi connectivity index (χ3n) is 3.83. The molecule has 0 saturated carbocycles. The molecule has 0 spiro atoms. The molecule has 104 valence electrons. The van der Waals surface area contributed by atoms with Crippen LogP contribution >= 0.6 is 11.6 Å². The zero-order valence-corrected chi connectivity index (χ0v) is 12.5. The van der Waals surface area contributed by atoms with Crippen molar-refractivity contribution in [2.45, 2.75) is 84.0 Å². The van der Waals surface area contributed by atoms with Gasteiger partial charge in [-0.25, -0.2) is 0 Å². The Hall–Kier alpha value is -0.300. The van der Waals surface area contributed by atoms with Crippen LogP contribution in [0.5, 0.6) is 0 Å². The minimum Gasteiger partial charge on any atom is -0.293 e. The summed E-state index contributed by atoms with van der Waals surface area (Å²) in [5.74, 6) is 0.157. The molecular weight excluding hydrogens is 244 g/mol. The number of hydrogen-bond acceptors (Lipinski definition) is 1. The van der Waals surface area contributed by atoms with Gasteiger partial charge in [-0.15, -0.1) is 0 Å². The van der Waals surface area contributed by atoms with E-state index in [4.69, 9.17) is 11.6 Å². The van der Waals surface area contributed by atoms with Crippen molar-refractivity contribution in [2.75, 3.05) is 0 Å². The molecule has 1 aliphatic rings. The Morgan fingerprint density at radius 3 is 1.61 bits per heavy atom. The zero-order chi connectivity index (χ0) is 13.2. The van der Waals surface area contributed by atoms with Crippen molar-refractivity contribution in [3.05, 3.63) is 10.6 Å². The topological polar surface area (TPSA) is 17.1 Å². The molecule has 0 atom stereocenters. The molecule has 2 heteroatoms. The maximum absolute atomic E-state index is 11.9. The van der Waals surface area contributed by atoms with E-state index in [0.717, 1.165) is 18.4 Å². The quantitative estimate of drug-likeness (QED) is 0.547. The maximum Gasteiger partial charge on any atom is 0.174 e. The van der Waals surface area contributed by atoms with E-state index >= 15 is 0 Å². The fraction of sp³-hybridized carbons (Fsp3) is 0.812. The average Bonchev–Trinajstić information content (AvgIpc) is 2.38. The maximum atomic E-state index is 11.9. The normalized spacial score (nSPS) is 22.4. The van der Waals surface area contributed by atoms with E-state index in [1.165, 1.54) is 57.8 Å². The zero-order valence-electron chi connectivity index (χ0n) is 11.8. The van der Waals surface area contributed by atoms with Crippen LogP contribution in [-0.2, 0) is 4.79 Å². The second-order valence-corrected chi connectivity index (χ2v) is 5.93. The number of ketones is 1. The van der Waals surface area contributed by atoms with Gasteiger partial charge in [-0.3, -0.25) is 4.79 Å². The number of hydrogen-bond donors (Lipinski definition) is 0. The summed E-state index contributed by atoms with van der Waals surface area (Å²) in [6, 6.07) is 0. The number of Topliss-reactive ketones (excluding diaryl/α,β-unsaturated/α-hetero) is 1. The van der Waals surface area contributed by atoms with Gasteiger partial charge in [0.05, 0.1) is 5.03 Å². The summed E-state index contributed by atoms with van der Waals surface area (Å²) in [5.41, 5.74) is 1.09. The van der Waals surface area contributed by atoms with E-state index in [-0.39, 0.29) is 5.78 Å². The molecule has 0 bridgehead atoms. The Kier molecular flexibility index (Phi) is 8.41. The van der Waals surface area contributed by atoms with Gasteiger partial charge in [0, 0.05) is 6.42 Å². The predicted octanol–water partition coefficient (Wildman–Crippen LogP) is 5.76. The highest BCUT2D eigenvalue weighted by atomic mass is 35.5. The third-order valence-corrected chi connectivity index (χ3v) is 4.36. The molecule has 1 aliphatic carbocycles. The molecule has 0 fully saturated rings. The van der Waals surface area contributed by atoms with Crippen LogP contribution in [0.25, 0.3) is 0 Å². The van der Waals surface area contributed by atoms with Gasteiger partial charge in [0.1, 0.15) is 0 Å². The molecule has 0 amide bonds. The SMILES string of the molecule is CC1=C(Cl)C(=O)CCCCCCCCCCCC1. The Morgan fingerprint density at radius 2 is 1.11 bits per heavy atom. The summed E-state index contributed by atoms with van der Waals surface area (Å²) in [5, 5.41) is 0.518. The van der Waals surface area contributed by atoms with Crippen LogP contribution in [0, 0.1) is 0 Å². The van der Waals surface area contributed by atoms with Crippen LogP contribution < -0.4 is 0 Å². The van der Waals surface area contributed by atoms with Crippen LogP contribution in [-0.4, -0.2) is 5.78 Å². The van der Waals surface area contributed by atoms with Crippen LogP contribution in [0.3, 0.4) is 0 Å². The number of rotatable bonds is 0. The first-order chi connectivity index (χ1) is 8.72. The van der Waals surface area contributed by atoms with Crippen molar-refractivity contribution in [3.63, 3.8) is 0 Å². The Labute approximate surface area is 117 Å². The lowest BCUT2D eigenvalue weighted by atomic mass is 10.0. The number of allylic oxidation sites excluding steroid dienone is 2. The molecule has 1 rings (SSSR count). The molecular formula is C16H27ClO. The van der Waals surface area contributed by atoms with Gasteiger partial charge in [0.2, 0.25) is 0 Å². The Balaban J connectivity index is 2.46. The highest BCUT2D eigenvalue weighted by molar-refractivity contribution is 6.42. The van der Waals surface area contributed by atoms with E-state index in [2.05, 4.69) is 0 Å². The predicted molar refractivity (Wildman–Crippen MR) is 79.0 cm³/mol. The molecule has 1 nitrogen and oxygen atoms in total. The highest BCUT2D eigenvalue weighted by Crippen LogP contribution is 2.21. The van der Waals surface area contributed by atoms with Gasteiger partial charge < -0.3 is 0 Å². The van der Waals surface area contributed by atoms with Crippen LogP contribution in [0.15, 0.2) is 10.6 Å². The summed E-state index contributed by atoms with van der Waals surface area (Å²) < 4.78 is 0. The van der Waals surface area contributed by atoms with Crippen LogP contribution in [0.2, 0.25) is 0 Å². The minimum absolute atomic E-state index is 0.157. The van der Waals surface area contributed by atoms with E-state index in [1.807, 2.05) is 6.92 Å². The first kappa shape index (κ1) is 15.8. The van der Waals surface area contributed by atoms with Crippen molar-refractivity contribution in [1.82, 2.24) is 0 Å². The lowest BCUT2D eigenvalue weighted by Crippen LogP contribution is -2.00. The van der Waals surface area contributed by atoms with Crippen molar-refractivity contribution in [1.29, 1.82) is 0 Å². The average molecular weight is 271 g/mol. The van der Waals surface area contributed by atoms with Crippen molar-refractivity contribution < 1.29 is 4.79 Å². The van der Waals surface area contributed by atoms with Gasteiger partial charge in [0.25, 0.3) is 0 Å². The minimum atomic E-state index is 0.157. The lowest BCUT2D eigenvalue weighted by Gasteiger charge is -2.05. The molecule has 0 radical (unpaired) electrons. The molecule has 0 heterocycles. The fourth-order valence-corrected chi connectivity index (χ4v) is 2.74. The van der Waals surface area contributed by atoms with Crippen LogP contribution in [0.4, 0.5) is 0 Å². The third kappa shape index (κ3) is 6.58. The number of carbonyl (C=O) groups excluding carboxylic acids is 1. The summed E-state index contributed by atoms with van der Waals surface area (Å²) in [6.07, 6.45) is 14.3. The molecule has 0 aromatic carbocycles. The monoisotopic (exact) mass is 270 g/mol. The second kappa shape index (κ2) is 9.61. The Morgan fingerprint density at radius 1 is 0.722 bits per heavy atom. The molecule has 18 heavy (non-hydrogen) atoms. The summed E-state index contributed by atoms with van der Waals surface area (Å²) >= 11 is 6.15. The van der Waals surface area contributed by atoms with Gasteiger partial charge >= 0.3 is 0 Å². The van der Waals surface area contributed by atoms with Crippen molar-refractivity contribution >= 4 is 17.4 Å². The van der Waals surface area contributed by atoms with E-state index in [9.17, 15) is 4.79 Å². The highest BCUT2D eigenvalue weighted by Gasteiger charge is 2.10.